The smallest absolute Gasteiger partial charge is 0.104 e. The molecule has 2 heterocycles. The maximum Gasteiger partial charge on any atom is 0.104 e. The van der Waals surface area contributed by atoms with Crippen molar-refractivity contribution in [2.24, 2.45) is 20.8 Å². The van der Waals surface area contributed by atoms with E-state index >= 15 is 0 Å². The first-order chi connectivity index (χ1) is 13.6. The van der Waals surface area contributed by atoms with Gasteiger partial charge in [0.1, 0.15) is 5.54 Å². The molecule has 154 valence electrons. The van der Waals surface area contributed by atoms with Crippen LogP contribution in [0, 0.1) is 22.0 Å². The van der Waals surface area contributed by atoms with Gasteiger partial charge in [0, 0.05) is 28.8 Å². The molecule has 0 bridgehead atoms. The van der Waals surface area contributed by atoms with Gasteiger partial charge >= 0.3 is 0 Å². The molecular formula is C26H34N2S. The van der Waals surface area contributed by atoms with Crippen molar-refractivity contribution in [2.45, 2.75) is 90.0 Å². The fourth-order valence-corrected chi connectivity index (χ4v) is 6.57. The minimum Gasteiger partial charge on any atom is -0.283 e. The lowest BCUT2D eigenvalue weighted by Gasteiger charge is -2.44. The molecule has 0 N–H and O–H groups in total. The Balaban J connectivity index is 1.77. The van der Waals surface area contributed by atoms with Gasteiger partial charge in [0.25, 0.3) is 0 Å². The van der Waals surface area contributed by atoms with Gasteiger partial charge in [-0.2, -0.15) is 0 Å². The van der Waals surface area contributed by atoms with E-state index < -0.39 is 0 Å². The minimum absolute atomic E-state index is 0.0391. The summed E-state index contributed by atoms with van der Waals surface area (Å²) in [5.41, 5.74) is 3.76. The van der Waals surface area contributed by atoms with E-state index in [1.54, 1.807) is 11.8 Å². The molecule has 1 aromatic carbocycles. The topological polar surface area (TPSA) is 24.7 Å². The van der Waals surface area contributed by atoms with Crippen molar-refractivity contribution in [3.05, 3.63) is 35.9 Å². The van der Waals surface area contributed by atoms with Crippen LogP contribution < -0.4 is 0 Å². The summed E-state index contributed by atoms with van der Waals surface area (Å²) in [4.78, 5) is 11.1. The van der Waals surface area contributed by atoms with Gasteiger partial charge in [-0.05, 0) is 35.6 Å². The van der Waals surface area contributed by atoms with Crippen molar-refractivity contribution >= 4 is 23.2 Å². The van der Waals surface area contributed by atoms with Crippen LogP contribution in [-0.4, -0.2) is 27.8 Å². The van der Waals surface area contributed by atoms with E-state index in [0.29, 0.717) is 0 Å². The Labute approximate surface area is 181 Å². The van der Waals surface area contributed by atoms with E-state index in [9.17, 15) is 0 Å². The second-order valence-corrected chi connectivity index (χ2v) is 11.9. The van der Waals surface area contributed by atoms with E-state index in [0.717, 1.165) is 18.4 Å². The Kier molecular flexibility index (Phi) is 5.02. The summed E-state index contributed by atoms with van der Waals surface area (Å²) in [7, 11) is 0. The van der Waals surface area contributed by atoms with Crippen LogP contribution in [0.5, 0.6) is 0 Å². The van der Waals surface area contributed by atoms with Crippen molar-refractivity contribution in [3.8, 4) is 11.2 Å². The number of benzene rings is 1. The molecule has 4 rings (SSSR count). The zero-order chi connectivity index (χ0) is 20.9. The summed E-state index contributed by atoms with van der Waals surface area (Å²) < 4.78 is 0. The van der Waals surface area contributed by atoms with Crippen molar-refractivity contribution in [1.29, 1.82) is 0 Å². The van der Waals surface area contributed by atoms with Gasteiger partial charge in [-0.3, -0.25) is 9.98 Å². The van der Waals surface area contributed by atoms with Crippen LogP contribution in [0.1, 0.15) is 79.2 Å². The van der Waals surface area contributed by atoms with Crippen molar-refractivity contribution in [2.75, 3.05) is 0 Å². The van der Waals surface area contributed by atoms with Crippen LogP contribution >= 0.6 is 11.8 Å². The van der Waals surface area contributed by atoms with Crippen LogP contribution in [0.3, 0.4) is 0 Å². The van der Waals surface area contributed by atoms with E-state index in [4.69, 9.17) is 9.98 Å². The molecule has 0 radical (unpaired) electrons. The molecule has 1 fully saturated rings. The molecule has 3 heteroatoms. The van der Waals surface area contributed by atoms with E-state index in [2.05, 4.69) is 64.8 Å². The zero-order valence-electron chi connectivity index (χ0n) is 18.8. The van der Waals surface area contributed by atoms with Gasteiger partial charge in [-0.1, -0.05) is 90.3 Å². The second kappa shape index (κ2) is 7.02. The van der Waals surface area contributed by atoms with Gasteiger partial charge in [0.2, 0.25) is 0 Å². The molecule has 29 heavy (non-hydrogen) atoms. The summed E-state index contributed by atoms with van der Waals surface area (Å²) in [6.45, 7) is 13.8. The van der Waals surface area contributed by atoms with Crippen molar-refractivity contribution in [1.82, 2.24) is 0 Å². The lowest BCUT2D eigenvalue weighted by molar-refractivity contribution is 0.202. The molecule has 3 atom stereocenters. The summed E-state index contributed by atoms with van der Waals surface area (Å²) in [5, 5.41) is 3.70. The molecule has 0 amide bonds. The summed E-state index contributed by atoms with van der Waals surface area (Å²) in [5.74, 6) is 3.36. The molecule has 3 aliphatic rings. The largest absolute Gasteiger partial charge is 0.283 e. The molecule has 1 aromatic rings. The van der Waals surface area contributed by atoms with Crippen molar-refractivity contribution < 1.29 is 0 Å². The lowest BCUT2D eigenvalue weighted by atomic mass is 9.66. The van der Waals surface area contributed by atoms with Crippen molar-refractivity contribution in [3.63, 3.8) is 0 Å². The molecule has 0 spiro atoms. The lowest BCUT2D eigenvalue weighted by Crippen LogP contribution is -2.54. The number of nitrogens with zero attached hydrogens (tertiary/aromatic N) is 2. The molecule has 0 unspecified atom stereocenters. The molecule has 1 aliphatic carbocycles. The van der Waals surface area contributed by atoms with Gasteiger partial charge in [0.05, 0.1) is 10.8 Å². The Bertz CT molecular complexity index is 904. The minimum atomic E-state index is -0.105. The predicted octanol–water partition coefficient (Wildman–Crippen LogP) is 6.54. The van der Waals surface area contributed by atoms with Gasteiger partial charge in [-0.25, -0.2) is 0 Å². The number of rotatable bonds is 1. The summed E-state index contributed by atoms with van der Waals surface area (Å²) >= 11 is 1.78. The number of hydrogen-bond donors (Lipinski definition) is 0. The molecular weight excluding hydrogens is 372 g/mol. The molecule has 2 aliphatic heterocycles. The highest BCUT2D eigenvalue weighted by atomic mass is 32.2. The third-order valence-corrected chi connectivity index (χ3v) is 7.86. The summed E-state index contributed by atoms with van der Waals surface area (Å²) in [6.07, 6.45) is 5.85. The Hall–Kier alpha value is -1.53. The predicted molar refractivity (Wildman–Crippen MR) is 127 cm³/mol. The highest BCUT2D eigenvalue weighted by Crippen LogP contribution is 2.60. The van der Waals surface area contributed by atoms with E-state index in [-0.39, 0.29) is 27.2 Å². The van der Waals surface area contributed by atoms with Crippen LogP contribution in [0.25, 0.3) is 0 Å². The fourth-order valence-electron chi connectivity index (χ4n) is 5.18. The maximum absolute atomic E-state index is 5.55. The Morgan fingerprint density at radius 3 is 2.28 bits per heavy atom. The average molecular weight is 407 g/mol. The highest BCUT2D eigenvalue weighted by molar-refractivity contribution is 8.05. The van der Waals surface area contributed by atoms with E-state index in [1.807, 2.05) is 18.2 Å². The quantitative estimate of drug-likeness (QED) is 0.486. The molecule has 0 saturated heterocycles. The molecule has 1 saturated carbocycles. The van der Waals surface area contributed by atoms with Crippen LogP contribution in [0.4, 0.5) is 0 Å². The maximum atomic E-state index is 5.55. The van der Waals surface area contributed by atoms with Crippen LogP contribution in [0.15, 0.2) is 40.3 Å². The fraction of sp³-hybridized carbons (Fsp3) is 0.615. The first kappa shape index (κ1) is 20.7. The monoisotopic (exact) mass is 406 g/mol. The zero-order valence-corrected chi connectivity index (χ0v) is 19.6. The van der Waals surface area contributed by atoms with Gasteiger partial charge < -0.3 is 0 Å². The normalized spacial score (nSPS) is 31.3. The first-order valence-corrected chi connectivity index (χ1v) is 11.9. The van der Waals surface area contributed by atoms with Crippen LogP contribution in [0.2, 0.25) is 0 Å². The first-order valence-electron chi connectivity index (χ1n) is 11.0. The third-order valence-electron chi connectivity index (χ3n) is 6.80. The van der Waals surface area contributed by atoms with Gasteiger partial charge in [0.15, 0.2) is 0 Å². The van der Waals surface area contributed by atoms with Crippen LogP contribution in [-0.2, 0) is 0 Å². The van der Waals surface area contributed by atoms with Gasteiger partial charge in [-0.15, -0.1) is 0 Å². The highest BCUT2D eigenvalue weighted by Gasteiger charge is 2.67. The van der Waals surface area contributed by atoms with E-state index in [1.165, 1.54) is 30.7 Å². The number of hydrogen-bond acceptors (Lipinski definition) is 3. The number of thioether (sulfide) groups is 1. The average Bonchev–Trinajstić information content (AvgIpc) is 3.13. The Morgan fingerprint density at radius 1 is 0.931 bits per heavy atom. The Morgan fingerprint density at radius 2 is 1.62 bits per heavy atom. The SMILES string of the molecule is CC(C)(C)C1=N[C@@]23CCCC[C@]2(C1)N=C(C(C)(C)C)[C@@H]3SC#Cc1ccccc1. The summed E-state index contributed by atoms with van der Waals surface area (Å²) in [6, 6.07) is 10.3. The standard InChI is InChI=1S/C26H34N2S/c1-23(2,3)20-18-25-15-10-11-16-26(25,27-20)22(21(28-25)24(4,5)6)29-17-14-19-12-8-7-9-13-19/h7-9,12-13,22H,10-11,15-16,18H2,1-6H3/t22-,25+,26+/m0/s1. The molecule has 2 nitrogen and oxygen atoms in total. The molecule has 0 aromatic heterocycles. The third kappa shape index (κ3) is 3.48. The second-order valence-electron chi connectivity index (χ2n) is 11.0. The number of aliphatic imine (C=N–C) groups is 2.